The highest BCUT2D eigenvalue weighted by molar-refractivity contribution is 7.98. The van der Waals surface area contributed by atoms with Crippen LogP contribution in [0.3, 0.4) is 0 Å². The van der Waals surface area contributed by atoms with Gasteiger partial charge in [0.25, 0.3) is 0 Å². The Hall–Kier alpha value is -0.910. The van der Waals surface area contributed by atoms with Gasteiger partial charge in [-0.25, -0.2) is 0 Å². The lowest BCUT2D eigenvalue weighted by atomic mass is 9.87. The van der Waals surface area contributed by atoms with Crippen molar-refractivity contribution >= 4 is 30.1 Å². The van der Waals surface area contributed by atoms with Crippen LogP contribution < -0.4 is 15.8 Å². The summed E-state index contributed by atoms with van der Waals surface area (Å²) < 4.78 is 5.74. The van der Waals surface area contributed by atoms with Crippen LogP contribution in [0.25, 0.3) is 0 Å². The fraction of sp³-hybridized carbons (Fsp3) is 0.611. The first kappa shape index (κ1) is 23.1. The number of benzene rings is 1. The lowest BCUT2D eigenvalue weighted by Gasteiger charge is -2.20. The molecule has 0 aromatic heterocycles. The third-order valence-electron chi connectivity index (χ3n) is 3.58. The first-order chi connectivity index (χ1) is 10.7. The van der Waals surface area contributed by atoms with E-state index in [9.17, 15) is 4.79 Å². The molecule has 0 radical (unpaired) electrons. The monoisotopic (exact) mass is 374 g/mol. The first-order valence-electron chi connectivity index (χ1n) is 8.02. The molecule has 6 heteroatoms. The minimum Gasteiger partial charge on any atom is -0.491 e. The molecule has 0 bridgehead atoms. The maximum absolute atomic E-state index is 11.9. The largest absolute Gasteiger partial charge is 0.491 e. The zero-order valence-corrected chi connectivity index (χ0v) is 16.9. The quantitative estimate of drug-likeness (QED) is 0.732. The Morgan fingerprint density at radius 2 is 1.88 bits per heavy atom. The van der Waals surface area contributed by atoms with Gasteiger partial charge in [-0.3, -0.25) is 4.79 Å². The minimum atomic E-state index is -0.448. The average Bonchev–Trinajstić information content (AvgIpc) is 2.50. The molecule has 0 heterocycles. The molecule has 1 rings (SSSR count). The molecule has 1 unspecified atom stereocenters. The van der Waals surface area contributed by atoms with Gasteiger partial charge in [0.15, 0.2) is 0 Å². The molecule has 138 valence electrons. The summed E-state index contributed by atoms with van der Waals surface area (Å²) in [5, 5.41) is 2.90. The van der Waals surface area contributed by atoms with Crippen molar-refractivity contribution in [3.8, 4) is 5.75 Å². The van der Waals surface area contributed by atoms with Crippen LogP contribution in [0.15, 0.2) is 24.3 Å². The minimum absolute atomic E-state index is 0. The van der Waals surface area contributed by atoms with Gasteiger partial charge in [-0.1, -0.05) is 32.9 Å². The molecular weight excluding hydrogens is 344 g/mol. The normalized spacial score (nSPS) is 13.6. The summed E-state index contributed by atoms with van der Waals surface area (Å²) in [6.45, 7) is 8.89. The van der Waals surface area contributed by atoms with Crippen molar-refractivity contribution in [2.75, 3.05) is 18.6 Å². The molecule has 4 nitrogen and oxygen atoms in total. The third-order valence-corrected chi connectivity index (χ3v) is 4.22. The van der Waals surface area contributed by atoms with Crippen molar-refractivity contribution in [1.29, 1.82) is 0 Å². The molecular formula is C18H31ClN2O2S. The third kappa shape index (κ3) is 8.27. The lowest BCUT2D eigenvalue weighted by Crippen LogP contribution is -2.46. The van der Waals surface area contributed by atoms with Gasteiger partial charge < -0.3 is 15.8 Å². The van der Waals surface area contributed by atoms with Crippen molar-refractivity contribution in [3.63, 3.8) is 0 Å². The van der Waals surface area contributed by atoms with E-state index in [2.05, 4.69) is 38.2 Å². The van der Waals surface area contributed by atoms with Crippen molar-refractivity contribution in [2.45, 2.75) is 51.6 Å². The maximum Gasteiger partial charge on any atom is 0.237 e. The van der Waals surface area contributed by atoms with E-state index in [-0.39, 0.29) is 29.8 Å². The van der Waals surface area contributed by atoms with E-state index < -0.39 is 6.04 Å². The van der Waals surface area contributed by atoms with Crippen LogP contribution in [0.1, 0.15) is 39.7 Å². The number of rotatable bonds is 8. The molecule has 3 N–H and O–H groups in total. The zero-order valence-electron chi connectivity index (χ0n) is 15.3. The summed E-state index contributed by atoms with van der Waals surface area (Å²) in [5.74, 6) is 1.59. The molecule has 1 amide bonds. The molecule has 0 saturated heterocycles. The van der Waals surface area contributed by atoms with E-state index in [4.69, 9.17) is 10.5 Å². The Bertz CT molecular complexity index is 489. The van der Waals surface area contributed by atoms with E-state index in [1.807, 2.05) is 25.3 Å². The highest BCUT2D eigenvalue weighted by Crippen LogP contribution is 2.24. The fourth-order valence-corrected chi connectivity index (χ4v) is 2.53. The molecule has 0 aliphatic rings. The highest BCUT2D eigenvalue weighted by Gasteiger charge is 2.16. The second-order valence-corrected chi connectivity index (χ2v) is 7.87. The maximum atomic E-state index is 11.9. The van der Waals surface area contributed by atoms with E-state index in [1.54, 1.807) is 11.8 Å². The van der Waals surface area contributed by atoms with E-state index in [0.717, 1.165) is 11.5 Å². The number of carbonyl (C=O) groups is 1. The second kappa shape index (κ2) is 10.9. The number of hydrogen-bond donors (Lipinski definition) is 2. The number of hydrogen-bond acceptors (Lipinski definition) is 4. The van der Waals surface area contributed by atoms with Gasteiger partial charge >= 0.3 is 0 Å². The number of ether oxygens (including phenoxy) is 1. The number of nitrogens with one attached hydrogen (secondary N) is 1. The first-order valence-corrected chi connectivity index (χ1v) is 9.41. The Morgan fingerprint density at radius 3 is 2.38 bits per heavy atom. The topological polar surface area (TPSA) is 64.4 Å². The summed E-state index contributed by atoms with van der Waals surface area (Å²) in [6.07, 6.45) is 2.70. The van der Waals surface area contributed by atoms with Crippen LogP contribution in [0, 0.1) is 0 Å². The van der Waals surface area contributed by atoms with Crippen LogP contribution in [-0.2, 0) is 10.2 Å². The van der Waals surface area contributed by atoms with E-state index in [1.165, 1.54) is 5.56 Å². The summed E-state index contributed by atoms with van der Waals surface area (Å²) >= 11 is 1.69. The number of thioether (sulfide) groups is 1. The van der Waals surface area contributed by atoms with Crippen LogP contribution in [0.4, 0.5) is 0 Å². The van der Waals surface area contributed by atoms with E-state index in [0.29, 0.717) is 13.0 Å². The Balaban J connectivity index is 0.00000529. The molecule has 2 atom stereocenters. The second-order valence-electron chi connectivity index (χ2n) is 6.88. The van der Waals surface area contributed by atoms with Gasteiger partial charge in [-0.2, -0.15) is 11.8 Å². The average molecular weight is 375 g/mol. The zero-order chi connectivity index (χ0) is 17.5. The molecule has 0 aliphatic carbocycles. The number of halogens is 1. The van der Waals surface area contributed by atoms with Gasteiger partial charge in [0, 0.05) is 0 Å². The van der Waals surface area contributed by atoms with Crippen molar-refractivity contribution < 1.29 is 9.53 Å². The van der Waals surface area contributed by atoms with Gasteiger partial charge in [0.2, 0.25) is 5.91 Å². The fourth-order valence-electron chi connectivity index (χ4n) is 2.04. The molecule has 0 spiro atoms. The SMILES string of the molecule is CSCC[C@H](N)C(=O)NC(C)COc1ccc(C(C)(C)C)cc1.Cl. The molecule has 0 fully saturated rings. The Morgan fingerprint density at radius 1 is 1.29 bits per heavy atom. The summed E-state index contributed by atoms with van der Waals surface area (Å²) in [5.41, 5.74) is 7.25. The van der Waals surface area contributed by atoms with Gasteiger partial charge in [0.1, 0.15) is 12.4 Å². The van der Waals surface area contributed by atoms with Crippen LogP contribution in [0.5, 0.6) is 5.75 Å². The van der Waals surface area contributed by atoms with E-state index >= 15 is 0 Å². The Kier molecular flexibility index (Phi) is 10.4. The smallest absolute Gasteiger partial charge is 0.237 e. The molecule has 1 aromatic rings. The summed E-state index contributed by atoms with van der Waals surface area (Å²) in [6, 6.07) is 7.58. The van der Waals surface area contributed by atoms with Crippen molar-refractivity contribution in [1.82, 2.24) is 5.32 Å². The summed E-state index contributed by atoms with van der Waals surface area (Å²) in [7, 11) is 0. The standard InChI is InChI=1S/C18H30N2O2S.ClH/c1-13(20-17(21)16(19)10-11-23-5)12-22-15-8-6-14(7-9-15)18(2,3)4;/h6-9,13,16H,10-12,19H2,1-5H3,(H,20,21);1H/t13?,16-;/m0./s1. The predicted molar refractivity (Wildman–Crippen MR) is 106 cm³/mol. The van der Waals surface area contributed by atoms with Crippen LogP contribution >= 0.6 is 24.2 Å². The lowest BCUT2D eigenvalue weighted by molar-refractivity contribution is -0.123. The molecule has 24 heavy (non-hydrogen) atoms. The molecule has 0 saturated carbocycles. The summed E-state index contributed by atoms with van der Waals surface area (Å²) in [4.78, 5) is 11.9. The van der Waals surface area contributed by atoms with Crippen molar-refractivity contribution in [2.24, 2.45) is 5.73 Å². The highest BCUT2D eigenvalue weighted by atomic mass is 35.5. The van der Waals surface area contributed by atoms with Gasteiger partial charge in [0.05, 0.1) is 12.1 Å². The van der Waals surface area contributed by atoms with Gasteiger partial charge in [-0.05, 0) is 48.5 Å². The van der Waals surface area contributed by atoms with Gasteiger partial charge in [-0.15, -0.1) is 12.4 Å². The molecule has 1 aromatic carbocycles. The number of amides is 1. The van der Waals surface area contributed by atoms with Crippen molar-refractivity contribution in [3.05, 3.63) is 29.8 Å². The predicted octanol–water partition coefficient (Wildman–Crippen LogP) is 3.37. The number of carbonyl (C=O) groups excluding carboxylic acids is 1. The number of nitrogens with two attached hydrogens (primary N) is 1. The molecule has 0 aliphatic heterocycles. The van der Waals surface area contributed by atoms with Crippen LogP contribution in [0.2, 0.25) is 0 Å². The Labute approximate surface area is 156 Å². The van der Waals surface area contributed by atoms with Crippen LogP contribution in [-0.4, -0.2) is 36.6 Å².